The molecular weight excluding hydrogens is 266 g/mol. The first-order valence-corrected chi connectivity index (χ1v) is 7.94. The van der Waals surface area contributed by atoms with Gasteiger partial charge in [0, 0.05) is 0 Å². The van der Waals surface area contributed by atoms with Crippen molar-refractivity contribution in [3.8, 4) is 0 Å². The monoisotopic (exact) mass is 287 g/mol. The summed E-state index contributed by atoms with van der Waals surface area (Å²) in [4.78, 5) is 17.9. The smallest absolute Gasteiger partial charge is 0.341 e. The fourth-order valence-corrected chi connectivity index (χ4v) is 5.10. The zero-order valence-corrected chi connectivity index (χ0v) is 12.4. The van der Waals surface area contributed by atoms with Gasteiger partial charge >= 0.3 is 5.97 Å². The topological polar surface area (TPSA) is 51.8 Å². The average Bonchev–Trinajstić information content (AvgIpc) is 2.97. The molecule has 0 spiro atoms. The van der Waals surface area contributed by atoms with Crippen LogP contribution in [0.1, 0.15) is 51.2 Å². The molecule has 0 atom stereocenters. The lowest BCUT2D eigenvalue weighted by atomic mass is 9.49. The Morgan fingerprint density at radius 2 is 1.86 bits per heavy atom. The highest BCUT2D eigenvalue weighted by atomic mass is 16.7. The highest BCUT2D eigenvalue weighted by Crippen LogP contribution is 2.60. The van der Waals surface area contributed by atoms with Gasteiger partial charge in [-0.3, -0.25) is 0 Å². The normalized spacial score (nSPS) is 37.8. The molecule has 4 nitrogen and oxygen atoms in total. The number of oxime groups is 1. The predicted molar refractivity (Wildman–Crippen MR) is 77.6 cm³/mol. The van der Waals surface area contributed by atoms with Crippen LogP contribution in [-0.4, -0.2) is 11.7 Å². The van der Waals surface area contributed by atoms with E-state index in [4.69, 9.17) is 9.25 Å². The molecule has 5 rings (SSSR count). The van der Waals surface area contributed by atoms with Gasteiger partial charge in [-0.25, -0.2) is 4.79 Å². The van der Waals surface area contributed by atoms with Crippen molar-refractivity contribution in [3.63, 3.8) is 0 Å². The van der Waals surface area contributed by atoms with Crippen molar-refractivity contribution in [1.29, 1.82) is 0 Å². The quantitative estimate of drug-likeness (QED) is 0.483. The van der Waals surface area contributed by atoms with E-state index in [2.05, 4.69) is 5.16 Å². The SMILES string of the molecule is C/C(=N/OC(=O)C12CC3CC(CC(C3)C1)C2)c1ccco1. The Balaban J connectivity index is 1.49. The van der Waals surface area contributed by atoms with Gasteiger partial charge in [0.2, 0.25) is 0 Å². The molecule has 4 fully saturated rings. The molecule has 0 saturated heterocycles. The molecule has 1 heterocycles. The lowest BCUT2D eigenvalue weighted by Gasteiger charge is -2.54. The minimum atomic E-state index is -0.248. The summed E-state index contributed by atoms with van der Waals surface area (Å²) in [6.07, 6.45) is 8.58. The summed E-state index contributed by atoms with van der Waals surface area (Å²) in [6.45, 7) is 1.80. The summed E-state index contributed by atoms with van der Waals surface area (Å²) < 4.78 is 5.25. The molecule has 1 aromatic heterocycles. The number of furan rings is 1. The number of carbonyl (C=O) groups is 1. The second kappa shape index (κ2) is 4.72. The van der Waals surface area contributed by atoms with E-state index in [1.54, 1.807) is 19.3 Å². The van der Waals surface area contributed by atoms with Crippen molar-refractivity contribution < 1.29 is 14.0 Å². The van der Waals surface area contributed by atoms with E-state index in [1.807, 2.05) is 6.07 Å². The number of rotatable bonds is 3. The number of carbonyl (C=O) groups excluding carboxylic acids is 1. The first-order valence-electron chi connectivity index (χ1n) is 7.94. The van der Waals surface area contributed by atoms with Crippen LogP contribution < -0.4 is 0 Å². The van der Waals surface area contributed by atoms with Crippen LogP contribution in [-0.2, 0) is 9.63 Å². The van der Waals surface area contributed by atoms with Gasteiger partial charge in [-0.2, -0.15) is 0 Å². The number of nitrogens with zero attached hydrogens (tertiary/aromatic N) is 1. The Hall–Kier alpha value is -1.58. The molecule has 0 amide bonds. The third-order valence-corrected chi connectivity index (χ3v) is 5.61. The van der Waals surface area contributed by atoms with Crippen molar-refractivity contribution in [1.82, 2.24) is 0 Å². The van der Waals surface area contributed by atoms with E-state index in [0.717, 1.165) is 37.0 Å². The number of hydrogen-bond donors (Lipinski definition) is 0. The highest BCUT2D eigenvalue weighted by molar-refractivity contribution is 5.96. The summed E-state index contributed by atoms with van der Waals surface area (Å²) in [6, 6.07) is 3.62. The third-order valence-electron chi connectivity index (χ3n) is 5.61. The van der Waals surface area contributed by atoms with Crippen LogP contribution in [0.5, 0.6) is 0 Å². The Labute approximate surface area is 124 Å². The minimum absolute atomic E-state index is 0.118. The summed E-state index contributed by atoms with van der Waals surface area (Å²) in [5.74, 6) is 2.73. The van der Waals surface area contributed by atoms with Gasteiger partial charge in [0.1, 0.15) is 5.71 Å². The van der Waals surface area contributed by atoms with Crippen molar-refractivity contribution in [2.45, 2.75) is 45.4 Å². The molecule has 4 bridgehead atoms. The highest BCUT2D eigenvalue weighted by Gasteiger charge is 2.55. The Bertz CT molecular complexity index is 538. The first kappa shape index (κ1) is 13.1. The lowest BCUT2D eigenvalue weighted by Crippen LogP contribution is -2.50. The molecule has 0 aliphatic heterocycles. The zero-order valence-electron chi connectivity index (χ0n) is 12.4. The standard InChI is InChI=1S/C17H21NO3/c1-11(15-3-2-4-20-15)18-21-16(19)17-8-12-5-13(9-17)7-14(6-12)10-17/h2-4,12-14H,5-10H2,1H3/b18-11-. The van der Waals surface area contributed by atoms with Crippen LogP contribution in [0.25, 0.3) is 0 Å². The van der Waals surface area contributed by atoms with E-state index in [9.17, 15) is 4.79 Å². The number of hydrogen-bond acceptors (Lipinski definition) is 4. The summed E-state index contributed by atoms with van der Waals surface area (Å²) in [5.41, 5.74) is 0.361. The van der Waals surface area contributed by atoms with Crippen LogP contribution in [0, 0.1) is 23.2 Å². The summed E-state index contributed by atoms with van der Waals surface area (Å²) in [7, 11) is 0. The van der Waals surface area contributed by atoms with E-state index in [1.165, 1.54) is 19.3 Å². The molecule has 21 heavy (non-hydrogen) atoms. The third kappa shape index (κ3) is 2.21. The maximum atomic E-state index is 12.6. The van der Waals surface area contributed by atoms with E-state index in [0.29, 0.717) is 11.5 Å². The van der Waals surface area contributed by atoms with E-state index >= 15 is 0 Å². The maximum Gasteiger partial charge on any atom is 0.341 e. The molecule has 4 heteroatoms. The van der Waals surface area contributed by atoms with Gasteiger partial charge in [0.05, 0.1) is 11.7 Å². The molecule has 0 N–H and O–H groups in total. The zero-order chi connectivity index (χ0) is 14.4. The largest absolute Gasteiger partial charge is 0.463 e. The average molecular weight is 287 g/mol. The molecular formula is C17H21NO3. The fourth-order valence-electron chi connectivity index (χ4n) is 5.10. The maximum absolute atomic E-state index is 12.6. The van der Waals surface area contributed by atoms with Crippen molar-refractivity contribution >= 4 is 11.7 Å². The molecule has 0 aromatic carbocycles. The van der Waals surface area contributed by atoms with Crippen LogP contribution >= 0.6 is 0 Å². The molecule has 0 unspecified atom stereocenters. The molecule has 112 valence electrons. The van der Waals surface area contributed by atoms with Gasteiger partial charge in [-0.15, -0.1) is 0 Å². The lowest BCUT2D eigenvalue weighted by molar-refractivity contribution is -0.171. The van der Waals surface area contributed by atoms with Gasteiger partial charge in [-0.05, 0) is 75.3 Å². The van der Waals surface area contributed by atoms with Gasteiger partial charge < -0.3 is 9.25 Å². The molecule has 1 aromatic rings. The van der Waals surface area contributed by atoms with Crippen LogP contribution in [0.3, 0.4) is 0 Å². The van der Waals surface area contributed by atoms with E-state index < -0.39 is 0 Å². The second-order valence-electron chi connectivity index (χ2n) is 7.23. The predicted octanol–water partition coefficient (Wildman–Crippen LogP) is 3.76. The molecule has 0 radical (unpaired) electrons. The second-order valence-corrected chi connectivity index (χ2v) is 7.23. The molecule has 4 saturated carbocycles. The van der Waals surface area contributed by atoms with Gasteiger partial charge in [0.25, 0.3) is 0 Å². The minimum Gasteiger partial charge on any atom is -0.463 e. The van der Waals surface area contributed by atoms with Gasteiger partial charge in [-0.1, -0.05) is 5.16 Å². The molecule has 4 aliphatic carbocycles. The first-order chi connectivity index (χ1) is 10.1. The van der Waals surface area contributed by atoms with Crippen LogP contribution in [0.2, 0.25) is 0 Å². The van der Waals surface area contributed by atoms with Crippen molar-refractivity contribution in [2.75, 3.05) is 0 Å². The van der Waals surface area contributed by atoms with Crippen LogP contribution in [0.15, 0.2) is 28.0 Å². The molecule has 4 aliphatic rings. The van der Waals surface area contributed by atoms with Crippen molar-refractivity contribution in [2.24, 2.45) is 28.3 Å². The Morgan fingerprint density at radius 1 is 1.24 bits per heavy atom. The Morgan fingerprint density at radius 3 is 2.38 bits per heavy atom. The summed E-state index contributed by atoms with van der Waals surface area (Å²) in [5, 5.41) is 4.00. The Kier molecular flexibility index (Phi) is 2.95. The van der Waals surface area contributed by atoms with E-state index in [-0.39, 0.29) is 11.4 Å². The van der Waals surface area contributed by atoms with Gasteiger partial charge in [0.15, 0.2) is 5.76 Å². The fraction of sp³-hybridized carbons (Fsp3) is 0.647. The van der Waals surface area contributed by atoms with Crippen molar-refractivity contribution in [3.05, 3.63) is 24.2 Å². The summed E-state index contributed by atoms with van der Waals surface area (Å²) >= 11 is 0. The van der Waals surface area contributed by atoms with Crippen LogP contribution in [0.4, 0.5) is 0 Å².